The van der Waals surface area contributed by atoms with Gasteiger partial charge in [-0.15, -0.1) is 11.3 Å². The van der Waals surface area contributed by atoms with Crippen LogP contribution in [0.1, 0.15) is 47.1 Å². The largest absolute Gasteiger partial charge is 0.256 e. The van der Waals surface area contributed by atoms with Crippen LogP contribution in [0.25, 0.3) is 53.6 Å². The van der Waals surface area contributed by atoms with Gasteiger partial charge in [-0.05, 0) is 87.2 Å². The minimum atomic E-state index is 0.344. The summed E-state index contributed by atoms with van der Waals surface area (Å²) >= 11 is 1.90. The molecule has 2 heteroatoms. The molecule has 0 amide bonds. The molecule has 2 atom stereocenters. The molecule has 3 aliphatic rings. The maximum absolute atomic E-state index is 5.06. The Morgan fingerprint density at radius 1 is 0.651 bits per heavy atom. The first-order valence-electron chi connectivity index (χ1n) is 15.2. The average molecular weight is 568 g/mol. The molecule has 2 aromatic heterocycles. The third-order valence-corrected chi connectivity index (χ3v) is 10.6. The molecule has 6 aromatic rings. The zero-order valence-electron chi connectivity index (χ0n) is 23.7. The van der Waals surface area contributed by atoms with Crippen molar-refractivity contribution >= 4 is 42.7 Å². The molecule has 0 N–H and O–H groups in total. The van der Waals surface area contributed by atoms with Gasteiger partial charge in [0.15, 0.2) is 0 Å². The Labute approximate surface area is 255 Å². The molecule has 0 radical (unpaired) electrons. The lowest BCUT2D eigenvalue weighted by atomic mass is 9.70. The molecule has 2 unspecified atom stereocenters. The van der Waals surface area contributed by atoms with Crippen molar-refractivity contribution in [2.24, 2.45) is 0 Å². The second kappa shape index (κ2) is 9.90. The van der Waals surface area contributed by atoms with Gasteiger partial charge in [-0.2, -0.15) is 0 Å². The second-order valence-corrected chi connectivity index (χ2v) is 12.8. The molecule has 2 heterocycles. The highest BCUT2D eigenvalue weighted by molar-refractivity contribution is 7.26. The van der Waals surface area contributed by atoms with Gasteiger partial charge < -0.3 is 0 Å². The van der Waals surface area contributed by atoms with E-state index in [1.807, 2.05) is 11.3 Å². The number of allylic oxidation sites excluding steroid dienone is 8. The Morgan fingerprint density at radius 2 is 1.42 bits per heavy atom. The van der Waals surface area contributed by atoms with Crippen molar-refractivity contribution in [2.45, 2.75) is 24.7 Å². The summed E-state index contributed by atoms with van der Waals surface area (Å²) < 4.78 is 2.71. The van der Waals surface area contributed by atoms with Crippen LogP contribution in [-0.4, -0.2) is 4.98 Å². The van der Waals surface area contributed by atoms with E-state index >= 15 is 0 Å². The zero-order valence-corrected chi connectivity index (χ0v) is 24.5. The second-order valence-electron chi connectivity index (χ2n) is 11.8. The van der Waals surface area contributed by atoms with Crippen LogP contribution in [0, 0.1) is 0 Å². The molecule has 0 aliphatic heterocycles. The summed E-state index contributed by atoms with van der Waals surface area (Å²) in [5.41, 5.74) is 13.0. The predicted molar refractivity (Wildman–Crippen MR) is 183 cm³/mol. The highest BCUT2D eigenvalue weighted by Crippen LogP contribution is 2.49. The van der Waals surface area contributed by atoms with Gasteiger partial charge >= 0.3 is 0 Å². The van der Waals surface area contributed by atoms with Gasteiger partial charge in [-0.25, -0.2) is 0 Å². The van der Waals surface area contributed by atoms with E-state index in [-0.39, 0.29) is 0 Å². The summed E-state index contributed by atoms with van der Waals surface area (Å²) in [5.74, 6) is 0.725. The van der Waals surface area contributed by atoms with Gasteiger partial charge in [0.25, 0.3) is 0 Å². The third-order valence-electron chi connectivity index (χ3n) is 9.39. The Morgan fingerprint density at radius 3 is 2.37 bits per heavy atom. The van der Waals surface area contributed by atoms with Gasteiger partial charge in [-0.1, -0.05) is 109 Å². The van der Waals surface area contributed by atoms with E-state index in [0.717, 1.165) is 18.5 Å². The number of hydrogen-bond donors (Lipinski definition) is 0. The Hall–Kier alpha value is -4.79. The fourth-order valence-electron chi connectivity index (χ4n) is 7.33. The third kappa shape index (κ3) is 4.01. The average Bonchev–Trinajstić information content (AvgIpc) is 3.47. The van der Waals surface area contributed by atoms with Gasteiger partial charge in [0.05, 0.1) is 5.69 Å². The number of rotatable bonds is 3. The van der Waals surface area contributed by atoms with E-state index < -0.39 is 0 Å². The molecule has 43 heavy (non-hydrogen) atoms. The van der Waals surface area contributed by atoms with Gasteiger partial charge in [0, 0.05) is 38.2 Å². The molecule has 0 saturated carbocycles. The molecular weight excluding hydrogens is 539 g/mol. The summed E-state index contributed by atoms with van der Waals surface area (Å²) in [6.07, 6.45) is 18.0. The van der Waals surface area contributed by atoms with Crippen LogP contribution in [0.3, 0.4) is 0 Å². The molecule has 0 bridgehead atoms. The van der Waals surface area contributed by atoms with Crippen molar-refractivity contribution < 1.29 is 0 Å². The number of pyridine rings is 1. The smallest absolute Gasteiger partial charge is 0.0705 e. The Kier molecular flexibility index (Phi) is 5.70. The molecule has 4 aromatic carbocycles. The van der Waals surface area contributed by atoms with E-state index in [9.17, 15) is 0 Å². The van der Waals surface area contributed by atoms with E-state index in [1.165, 1.54) is 70.3 Å². The highest BCUT2D eigenvalue weighted by Gasteiger charge is 2.32. The van der Waals surface area contributed by atoms with Crippen LogP contribution in [-0.2, 0) is 0 Å². The topological polar surface area (TPSA) is 12.9 Å². The molecule has 0 fully saturated rings. The fraction of sp³-hybridized carbons (Fsp3) is 0.0976. The van der Waals surface area contributed by atoms with Crippen molar-refractivity contribution in [2.75, 3.05) is 0 Å². The van der Waals surface area contributed by atoms with Crippen LogP contribution >= 0.6 is 11.3 Å². The van der Waals surface area contributed by atoms with E-state index in [2.05, 4.69) is 140 Å². The van der Waals surface area contributed by atoms with Crippen molar-refractivity contribution in [3.05, 3.63) is 162 Å². The zero-order chi connectivity index (χ0) is 28.3. The number of hydrogen-bond acceptors (Lipinski definition) is 2. The van der Waals surface area contributed by atoms with Crippen molar-refractivity contribution in [3.63, 3.8) is 0 Å². The van der Waals surface area contributed by atoms with E-state index in [4.69, 9.17) is 4.98 Å². The molecular formula is C41H29NS. The highest BCUT2D eigenvalue weighted by atomic mass is 32.1. The normalized spacial score (nSPS) is 18.6. The van der Waals surface area contributed by atoms with Crippen LogP contribution < -0.4 is 0 Å². The summed E-state index contributed by atoms with van der Waals surface area (Å²) in [6, 6.07) is 35.8. The van der Waals surface area contributed by atoms with Crippen LogP contribution in [0.15, 0.2) is 140 Å². The van der Waals surface area contributed by atoms with E-state index in [0.29, 0.717) is 11.8 Å². The van der Waals surface area contributed by atoms with Crippen molar-refractivity contribution in [1.82, 2.24) is 4.98 Å². The summed E-state index contributed by atoms with van der Waals surface area (Å²) in [5, 5.41) is 2.69. The molecule has 0 saturated heterocycles. The first-order valence-corrected chi connectivity index (χ1v) is 16.0. The van der Waals surface area contributed by atoms with Gasteiger partial charge in [0.2, 0.25) is 0 Å². The summed E-state index contributed by atoms with van der Waals surface area (Å²) in [4.78, 5) is 5.06. The Balaban J connectivity index is 1.10. The molecule has 0 spiro atoms. The Bertz CT molecular complexity index is 2200. The van der Waals surface area contributed by atoms with Crippen LogP contribution in [0.5, 0.6) is 0 Å². The van der Waals surface area contributed by atoms with Gasteiger partial charge in [-0.3, -0.25) is 4.98 Å². The maximum atomic E-state index is 5.06. The number of fused-ring (bicyclic) bond motifs is 9. The number of nitrogens with zero attached hydrogens (tertiary/aromatic N) is 1. The minimum absolute atomic E-state index is 0.344. The first-order chi connectivity index (χ1) is 21.3. The monoisotopic (exact) mass is 567 g/mol. The number of benzene rings is 4. The predicted octanol–water partition coefficient (Wildman–Crippen LogP) is 11.4. The lowest BCUT2D eigenvalue weighted by molar-refractivity contribution is 0.716. The van der Waals surface area contributed by atoms with Gasteiger partial charge in [0.1, 0.15) is 0 Å². The lowest BCUT2D eigenvalue weighted by Crippen LogP contribution is -2.17. The number of aromatic nitrogens is 1. The molecule has 204 valence electrons. The van der Waals surface area contributed by atoms with E-state index in [1.54, 1.807) is 0 Å². The molecule has 3 aliphatic carbocycles. The van der Waals surface area contributed by atoms with Crippen LogP contribution in [0.2, 0.25) is 0 Å². The molecule has 9 rings (SSSR count). The molecule has 1 nitrogen and oxygen atoms in total. The van der Waals surface area contributed by atoms with Crippen molar-refractivity contribution in [1.29, 1.82) is 0 Å². The lowest BCUT2D eigenvalue weighted by Gasteiger charge is -2.33. The van der Waals surface area contributed by atoms with Crippen molar-refractivity contribution in [3.8, 4) is 22.3 Å². The maximum Gasteiger partial charge on any atom is 0.0705 e. The number of thiophene rings is 1. The fourth-order valence-corrected chi connectivity index (χ4v) is 8.56. The summed E-state index contributed by atoms with van der Waals surface area (Å²) in [6.45, 7) is 0. The quantitative estimate of drug-likeness (QED) is 0.207. The first kappa shape index (κ1) is 24.8. The standard InChI is InChI=1S/C41H29NS/c1-3-16-33-31(14-1)32-15-2-4-17-34(32)38-25-42-39(24-37(33)38)29-13-8-11-27(23-29)26-10-7-12-28(22-26)30-19-9-20-36-35-18-5-6-21-40(35)43-41(30)36/h1-7,9-10,12-25,32,34H,8,11H2. The summed E-state index contributed by atoms with van der Waals surface area (Å²) in [7, 11) is 0. The SMILES string of the molecule is C1=CC2c3ccccc3-c3cc(C4=CCCC(c5cccc(-c6cccc7c6sc6ccccc67)c5)=C4)ncc3C2C=C1. The minimum Gasteiger partial charge on any atom is -0.256 e. The van der Waals surface area contributed by atoms with Crippen LogP contribution in [0.4, 0.5) is 0 Å².